The zero-order chi connectivity index (χ0) is 49.7. The maximum Gasteiger partial charge on any atom is 0.338 e. The minimum atomic E-state index is -0.511. The molecule has 12 nitrogen and oxygen atoms in total. The lowest BCUT2D eigenvalue weighted by Crippen LogP contribution is -2.07. The van der Waals surface area contributed by atoms with Crippen molar-refractivity contribution >= 4 is 97.3 Å². The average molecular weight is 932 g/mol. The number of carbonyl (C=O) groups is 6. The Kier molecular flexibility index (Phi) is 12.1. The van der Waals surface area contributed by atoms with Crippen LogP contribution in [0.15, 0.2) is 120 Å². The van der Waals surface area contributed by atoms with Crippen LogP contribution in [0.25, 0.3) is 77.5 Å². The molecule has 0 radical (unpaired) electrons. The number of carbonyl (C=O) groups excluding carboxylic acids is 6. The Hall–Kier alpha value is -8.90. The predicted molar refractivity (Wildman–Crippen MR) is 270 cm³/mol. The monoisotopic (exact) mass is 931 g/mol. The second-order valence-electron chi connectivity index (χ2n) is 17.4. The highest BCUT2D eigenvalue weighted by Gasteiger charge is 2.27. The third kappa shape index (κ3) is 8.08. The standard InChI is InChI=1S/C29H23NO5.C29H22O6/c1-15-22(14-31)10-21-9-20(8-18-5-7-26(33)27(15)28(18)21)24-12-17-4-6-23(30-16(2)32)11-19(17)13-25(24)29(34)35-3;1-15-22(14-30)11-21-10-20(8-17-6-7-25(31)26(15)27(17)21)23-12-16-4-5-18(28(32)34-2)9-19(16)13-24(23)29(33)35-3/h4-15,33H,1-3H3,(H,30,32);4-15,31H,1-3H3. The quantitative estimate of drug-likeness (QED) is 0.0749. The van der Waals surface area contributed by atoms with Crippen molar-refractivity contribution in [2.45, 2.75) is 32.6 Å². The highest BCUT2D eigenvalue weighted by molar-refractivity contribution is 6.10. The van der Waals surface area contributed by atoms with Crippen LogP contribution < -0.4 is 5.32 Å². The lowest BCUT2D eigenvalue weighted by atomic mass is 9.80. The average Bonchev–Trinajstić information content (AvgIpc) is 3.37. The number of fused-ring (bicyclic) bond motifs is 2. The van der Waals surface area contributed by atoms with Gasteiger partial charge >= 0.3 is 17.9 Å². The third-order valence-corrected chi connectivity index (χ3v) is 13.2. The fourth-order valence-electron chi connectivity index (χ4n) is 9.82. The summed E-state index contributed by atoms with van der Waals surface area (Å²) in [5.74, 6) is -1.79. The number of esters is 3. The molecule has 2 aliphatic rings. The van der Waals surface area contributed by atoms with Gasteiger partial charge in [-0.15, -0.1) is 0 Å². The molecule has 1 amide bonds. The van der Waals surface area contributed by atoms with E-state index in [2.05, 4.69) is 5.32 Å². The van der Waals surface area contributed by atoms with Gasteiger partial charge in [0.25, 0.3) is 0 Å². The van der Waals surface area contributed by atoms with E-state index in [-0.39, 0.29) is 29.2 Å². The second-order valence-corrected chi connectivity index (χ2v) is 17.4. The van der Waals surface area contributed by atoms with Crippen LogP contribution in [-0.4, -0.2) is 67.9 Å². The van der Waals surface area contributed by atoms with Crippen LogP contribution >= 0.6 is 0 Å². The molecule has 0 saturated heterocycles. The minimum Gasteiger partial charge on any atom is -0.508 e. The van der Waals surface area contributed by atoms with E-state index in [4.69, 9.17) is 14.2 Å². The Morgan fingerprint density at radius 1 is 0.514 bits per heavy atom. The van der Waals surface area contributed by atoms with Gasteiger partial charge in [-0.2, -0.15) is 0 Å². The number of hydrogen-bond acceptors (Lipinski definition) is 11. The van der Waals surface area contributed by atoms with Crippen LogP contribution in [0.1, 0.15) is 85.9 Å². The molecular formula is C58H45NO11. The van der Waals surface area contributed by atoms with Gasteiger partial charge in [-0.25, -0.2) is 14.4 Å². The summed E-state index contributed by atoms with van der Waals surface area (Å²) in [7, 11) is 3.97. The van der Waals surface area contributed by atoms with Gasteiger partial charge in [0.05, 0.1) is 38.0 Å². The van der Waals surface area contributed by atoms with Crippen molar-refractivity contribution in [2.24, 2.45) is 0 Å². The Morgan fingerprint density at radius 3 is 1.40 bits per heavy atom. The minimum absolute atomic E-state index is 0.147. The first-order valence-electron chi connectivity index (χ1n) is 22.3. The van der Waals surface area contributed by atoms with Gasteiger partial charge in [0, 0.05) is 35.6 Å². The van der Waals surface area contributed by atoms with Crippen molar-refractivity contribution in [1.29, 1.82) is 0 Å². The zero-order valence-corrected chi connectivity index (χ0v) is 38.9. The van der Waals surface area contributed by atoms with Crippen LogP contribution in [0.5, 0.6) is 11.5 Å². The molecule has 8 aromatic carbocycles. The lowest BCUT2D eigenvalue weighted by Gasteiger charge is -2.24. The molecule has 8 aromatic rings. The van der Waals surface area contributed by atoms with Gasteiger partial charge in [0.2, 0.25) is 5.91 Å². The summed E-state index contributed by atoms with van der Waals surface area (Å²) in [6, 6.07) is 32.7. The summed E-state index contributed by atoms with van der Waals surface area (Å²) >= 11 is 0. The number of aldehydes is 2. The molecule has 0 saturated carbocycles. The van der Waals surface area contributed by atoms with Crippen molar-refractivity contribution in [3.8, 4) is 33.8 Å². The number of nitrogens with one attached hydrogen (secondary N) is 1. The number of aromatic hydroxyl groups is 2. The van der Waals surface area contributed by atoms with Crippen molar-refractivity contribution in [2.75, 3.05) is 26.6 Å². The number of amides is 1. The summed E-state index contributed by atoms with van der Waals surface area (Å²) in [6.07, 6.45) is 5.31. The molecule has 0 bridgehead atoms. The molecule has 12 heteroatoms. The number of allylic oxidation sites excluding steroid dienone is 2. The van der Waals surface area contributed by atoms with E-state index in [0.717, 1.165) is 83.7 Å². The van der Waals surface area contributed by atoms with E-state index in [1.54, 1.807) is 42.5 Å². The number of methoxy groups -OCH3 is 3. The Bertz CT molecular complexity index is 3680. The van der Waals surface area contributed by atoms with Crippen LogP contribution in [0.4, 0.5) is 5.69 Å². The van der Waals surface area contributed by atoms with Crippen molar-refractivity contribution in [1.82, 2.24) is 0 Å². The molecule has 0 heterocycles. The normalized spacial score (nSPS) is 14.5. The van der Waals surface area contributed by atoms with E-state index < -0.39 is 17.9 Å². The molecule has 348 valence electrons. The number of ether oxygens (including phenoxy) is 3. The predicted octanol–water partition coefficient (Wildman–Crippen LogP) is 11.4. The lowest BCUT2D eigenvalue weighted by molar-refractivity contribution is -0.114. The number of hydrogen-bond donors (Lipinski definition) is 3. The van der Waals surface area contributed by atoms with Gasteiger partial charge in [-0.3, -0.25) is 14.4 Å². The highest BCUT2D eigenvalue weighted by Crippen LogP contribution is 2.47. The molecule has 0 aromatic heterocycles. The van der Waals surface area contributed by atoms with Crippen molar-refractivity contribution < 1.29 is 53.2 Å². The molecule has 3 N–H and O–H groups in total. The molecule has 2 atom stereocenters. The zero-order valence-electron chi connectivity index (χ0n) is 38.9. The van der Waals surface area contributed by atoms with Gasteiger partial charge in [0.15, 0.2) is 0 Å². The first-order valence-corrected chi connectivity index (χ1v) is 22.3. The number of phenolic OH excluding ortho intramolecular Hbond substituents is 2. The fourth-order valence-corrected chi connectivity index (χ4v) is 9.82. The van der Waals surface area contributed by atoms with Gasteiger partial charge in [-0.05, 0) is 185 Å². The summed E-state index contributed by atoms with van der Waals surface area (Å²) < 4.78 is 15.0. The molecule has 70 heavy (non-hydrogen) atoms. The third-order valence-electron chi connectivity index (χ3n) is 13.2. The van der Waals surface area contributed by atoms with E-state index in [0.29, 0.717) is 50.0 Å². The topological polar surface area (TPSA) is 183 Å². The Morgan fingerprint density at radius 2 is 0.957 bits per heavy atom. The van der Waals surface area contributed by atoms with Crippen LogP contribution in [-0.2, 0) is 28.6 Å². The van der Waals surface area contributed by atoms with Crippen LogP contribution in [0.2, 0.25) is 0 Å². The molecule has 2 aliphatic carbocycles. The van der Waals surface area contributed by atoms with Gasteiger partial charge in [0.1, 0.15) is 24.1 Å². The first kappa shape index (κ1) is 46.2. The second kappa shape index (κ2) is 18.3. The maximum atomic E-state index is 12.8. The maximum absolute atomic E-state index is 12.8. The molecule has 10 rings (SSSR count). The van der Waals surface area contributed by atoms with Crippen LogP contribution in [0.3, 0.4) is 0 Å². The number of phenols is 2. The Balaban J connectivity index is 0.000000174. The van der Waals surface area contributed by atoms with E-state index in [1.807, 2.05) is 92.7 Å². The van der Waals surface area contributed by atoms with Gasteiger partial charge in [-0.1, -0.05) is 38.1 Å². The van der Waals surface area contributed by atoms with E-state index >= 15 is 0 Å². The number of benzene rings is 8. The summed E-state index contributed by atoms with van der Waals surface area (Å²) in [5, 5.41) is 30.6. The first-order chi connectivity index (χ1) is 33.7. The smallest absolute Gasteiger partial charge is 0.338 e. The fraction of sp³-hybridized carbons (Fsp3) is 0.138. The molecule has 2 unspecified atom stereocenters. The Labute approximate surface area is 401 Å². The largest absolute Gasteiger partial charge is 0.508 e. The molecule has 0 fully saturated rings. The highest BCUT2D eigenvalue weighted by atomic mass is 16.5. The van der Waals surface area contributed by atoms with Gasteiger partial charge < -0.3 is 29.7 Å². The summed E-state index contributed by atoms with van der Waals surface area (Å²) in [6.45, 7) is 5.24. The summed E-state index contributed by atoms with van der Waals surface area (Å²) in [5.41, 5.74) is 8.82. The summed E-state index contributed by atoms with van der Waals surface area (Å²) in [4.78, 5) is 72.5. The molecule has 0 aliphatic heterocycles. The number of rotatable bonds is 8. The molecular weight excluding hydrogens is 887 g/mol. The van der Waals surface area contributed by atoms with E-state index in [9.17, 15) is 39.0 Å². The van der Waals surface area contributed by atoms with Crippen molar-refractivity contribution in [3.05, 3.63) is 159 Å². The number of anilines is 1. The van der Waals surface area contributed by atoms with E-state index in [1.165, 1.54) is 28.3 Å². The SMILES string of the molecule is COC(=O)c1cc2cc(NC(C)=O)ccc2cc1-c1cc2c3c(c(O)ccc3c1)C(C)C(C=O)=C2.COC(=O)c1ccc2cc(-c3cc4c5c(c(O)ccc5c3)C(C)C(C=O)=C4)c(C(=O)OC)cc2c1. The van der Waals surface area contributed by atoms with Crippen molar-refractivity contribution in [3.63, 3.8) is 0 Å². The van der Waals surface area contributed by atoms with Crippen LogP contribution in [0, 0.1) is 0 Å². The molecule has 0 spiro atoms.